The van der Waals surface area contributed by atoms with Crippen molar-refractivity contribution in [2.24, 2.45) is 5.16 Å². The molecule has 0 atom stereocenters. The van der Waals surface area contributed by atoms with Gasteiger partial charge in [0.05, 0.1) is 4.92 Å². The van der Waals surface area contributed by atoms with Crippen molar-refractivity contribution in [1.29, 1.82) is 0 Å². The van der Waals surface area contributed by atoms with Gasteiger partial charge in [-0.25, -0.2) is 13.6 Å². The summed E-state index contributed by atoms with van der Waals surface area (Å²) in [6, 6.07) is 15.7. The summed E-state index contributed by atoms with van der Waals surface area (Å²) in [6.07, 6.45) is -1.02. The summed E-state index contributed by atoms with van der Waals surface area (Å²) in [5, 5.41) is 15.3. The van der Waals surface area contributed by atoms with E-state index in [4.69, 9.17) is 9.57 Å². The summed E-state index contributed by atoms with van der Waals surface area (Å²) in [5.41, 5.74) is 3.08. The Hall–Kier alpha value is -4.61. The van der Waals surface area contributed by atoms with Crippen LogP contribution in [0.1, 0.15) is 68.7 Å². The maximum Gasteiger partial charge on any atom is 0.340 e. The number of ketones is 1. The van der Waals surface area contributed by atoms with Crippen molar-refractivity contribution in [3.8, 4) is 16.9 Å². The Morgan fingerprint density at radius 2 is 1.67 bits per heavy atom. The third-order valence-electron chi connectivity index (χ3n) is 7.75. The van der Waals surface area contributed by atoms with Gasteiger partial charge in [-0.15, -0.1) is 0 Å². The van der Waals surface area contributed by atoms with Gasteiger partial charge in [0.1, 0.15) is 5.75 Å². The highest BCUT2D eigenvalue weighted by Gasteiger charge is 2.43. The third-order valence-corrected chi connectivity index (χ3v) is 7.75. The highest BCUT2D eigenvalue weighted by Crippen LogP contribution is 2.54. The normalized spacial score (nSPS) is 13.7. The molecule has 4 rings (SSSR count). The molecule has 0 saturated heterocycles. The fraction of sp³-hybridized carbons (Fsp3) is 0.364. The van der Waals surface area contributed by atoms with Crippen molar-refractivity contribution in [3.05, 3.63) is 93.0 Å². The van der Waals surface area contributed by atoms with Crippen molar-refractivity contribution >= 4 is 23.2 Å². The molecule has 0 spiro atoms. The molecule has 0 aliphatic heterocycles. The first-order valence-electron chi connectivity index (χ1n) is 14.4. The second kappa shape index (κ2) is 13.6. The third kappa shape index (κ3) is 6.89. The number of alkyl halides is 4. The zero-order valence-electron chi connectivity index (χ0n) is 24.9. The van der Waals surface area contributed by atoms with E-state index in [-0.39, 0.29) is 23.4 Å². The molecule has 8 nitrogen and oxygen atoms in total. The van der Waals surface area contributed by atoms with Crippen molar-refractivity contribution < 1.29 is 41.6 Å². The zero-order chi connectivity index (χ0) is 32.9. The molecular weight excluding hydrogens is 596 g/mol. The lowest BCUT2D eigenvalue weighted by atomic mass is 9.71. The van der Waals surface area contributed by atoms with Crippen LogP contribution in [0.15, 0.2) is 65.8 Å². The number of Topliss-reactive ketones (excluding diaryl/α,β-unsaturated/α-hetero) is 1. The van der Waals surface area contributed by atoms with Crippen LogP contribution in [-0.4, -0.2) is 41.3 Å². The number of benzene rings is 3. The number of rotatable bonds is 14. The van der Waals surface area contributed by atoms with E-state index >= 15 is 0 Å². The monoisotopic (exact) mass is 628 g/mol. The van der Waals surface area contributed by atoms with Crippen LogP contribution in [0.2, 0.25) is 0 Å². The summed E-state index contributed by atoms with van der Waals surface area (Å²) < 4.78 is 57.7. The average molecular weight is 629 g/mol. The Bertz CT molecular complexity index is 1630. The van der Waals surface area contributed by atoms with E-state index in [2.05, 4.69) is 19.0 Å². The molecule has 0 N–H and O–H groups in total. The standard InChI is InChI=1S/C33H32F4N2O6/c1-4-14-32(15-5-2)26-13-10-21(16-25(26)23-12-11-22(39(42)43)18-27(23)32)17-28(41)30(38-45-20(3)40)24-8-6-7-9-29(24)44-19-33(36,37)31(34)35/h6-13,16,18,31H,4-5,14-15,17,19H2,1-3H3/b38-30+. The van der Waals surface area contributed by atoms with E-state index in [1.807, 2.05) is 12.1 Å². The topological polar surface area (TPSA) is 108 Å². The number of hydrogen-bond acceptors (Lipinski definition) is 7. The fourth-order valence-corrected chi connectivity index (χ4v) is 5.93. The first kappa shape index (κ1) is 33.3. The van der Waals surface area contributed by atoms with E-state index in [0.29, 0.717) is 5.56 Å². The van der Waals surface area contributed by atoms with Gasteiger partial charge in [-0.2, -0.15) is 8.78 Å². The number of ether oxygens (including phenoxy) is 1. The van der Waals surface area contributed by atoms with Crippen LogP contribution in [0.3, 0.4) is 0 Å². The van der Waals surface area contributed by atoms with E-state index in [9.17, 15) is 37.3 Å². The van der Waals surface area contributed by atoms with E-state index < -0.39 is 46.8 Å². The summed E-state index contributed by atoms with van der Waals surface area (Å²) in [6.45, 7) is 3.51. The lowest BCUT2D eigenvalue weighted by molar-refractivity contribution is -0.384. The van der Waals surface area contributed by atoms with E-state index in [0.717, 1.165) is 54.9 Å². The molecule has 12 heteroatoms. The number of carbonyl (C=O) groups excluding carboxylic acids is 2. The molecule has 0 radical (unpaired) electrons. The van der Waals surface area contributed by atoms with Gasteiger partial charge in [0.15, 0.2) is 18.1 Å². The molecule has 0 unspecified atom stereocenters. The minimum Gasteiger partial charge on any atom is -0.486 e. The molecule has 3 aromatic rings. The number of nitrogens with zero attached hydrogens (tertiary/aromatic N) is 2. The molecule has 3 aromatic carbocycles. The van der Waals surface area contributed by atoms with Crippen LogP contribution in [0.5, 0.6) is 5.75 Å². The summed E-state index contributed by atoms with van der Waals surface area (Å²) in [4.78, 5) is 41.2. The fourth-order valence-electron chi connectivity index (χ4n) is 5.93. The first-order valence-corrected chi connectivity index (χ1v) is 14.4. The number of hydrogen-bond donors (Lipinski definition) is 0. The smallest absolute Gasteiger partial charge is 0.340 e. The Morgan fingerprint density at radius 1 is 0.978 bits per heavy atom. The molecule has 1 aliphatic carbocycles. The van der Waals surface area contributed by atoms with Crippen LogP contribution < -0.4 is 4.74 Å². The quantitative estimate of drug-likeness (QED) is 0.0592. The Kier molecular flexibility index (Phi) is 10.0. The number of nitro groups is 1. The highest BCUT2D eigenvalue weighted by atomic mass is 19.3. The Labute approximate surface area is 257 Å². The first-order chi connectivity index (χ1) is 21.3. The molecule has 0 aromatic heterocycles. The maximum atomic E-state index is 13.7. The van der Waals surface area contributed by atoms with Gasteiger partial charge >= 0.3 is 18.3 Å². The maximum absolute atomic E-state index is 13.7. The van der Waals surface area contributed by atoms with E-state index in [1.165, 1.54) is 30.3 Å². The van der Waals surface area contributed by atoms with Crippen LogP contribution in [0, 0.1) is 10.1 Å². The lowest BCUT2D eigenvalue weighted by Gasteiger charge is -2.31. The SMILES string of the molecule is CCCC1(CCC)c2ccc(CC(=O)/C(=N/OC(C)=O)c3ccccc3OCC(F)(F)C(F)F)cc2-c2ccc([N+](=O)[O-])cc21. The predicted octanol–water partition coefficient (Wildman–Crippen LogP) is 7.82. The number of para-hydroxylation sites is 1. The summed E-state index contributed by atoms with van der Waals surface area (Å²) in [7, 11) is 0. The molecule has 0 saturated carbocycles. The van der Waals surface area contributed by atoms with Gasteiger partial charge in [0.25, 0.3) is 5.69 Å². The molecule has 45 heavy (non-hydrogen) atoms. The minimum absolute atomic E-state index is 0.00735. The van der Waals surface area contributed by atoms with Gasteiger partial charge < -0.3 is 9.57 Å². The van der Waals surface area contributed by atoms with Gasteiger partial charge in [0.2, 0.25) is 0 Å². The number of nitro benzene ring substituents is 1. The molecular formula is C33H32F4N2O6. The molecule has 0 amide bonds. The average Bonchev–Trinajstić information content (AvgIpc) is 3.25. The predicted molar refractivity (Wildman–Crippen MR) is 159 cm³/mol. The molecule has 0 bridgehead atoms. The molecule has 1 aliphatic rings. The van der Waals surface area contributed by atoms with Crippen molar-refractivity contribution in [1.82, 2.24) is 0 Å². The molecule has 238 valence electrons. The lowest BCUT2D eigenvalue weighted by Crippen LogP contribution is -2.34. The van der Waals surface area contributed by atoms with Gasteiger partial charge in [-0.3, -0.25) is 14.9 Å². The second-order valence-electron chi connectivity index (χ2n) is 10.9. The highest BCUT2D eigenvalue weighted by molar-refractivity contribution is 6.47. The van der Waals surface area contributed by atoms with Gasteiger partial charge in [-0.1, -0.05) is 62.2 Å². The number of halogens is 4. The zero-order valence-corrected chi connectivity index (χ0v) is 24.9. The number of fused-ring (bicyclic) bond motifs is 3. The van der Waals surface area contributed by atoms with Crippen LogP contribution >= 0.6 is 0 Å². The molecule has 0 heterocycles. The van der Waals surface area contributed by atoms with Crippen LogP contribution in [-0.2, 0) is 26.3 Å². The Balaban J connectivity index is 1.74. The van der Waals surface area contributed by atoms with Crippen LogP contribution in [0.25, 0.3) is 11.1 Å². The number of non-ortho nitro benzene ring substituents is 1. The molecule has 0 fully saturated rings. The van der Waals surface area contributed by atoms with Crippen molar-refractivity contribution in [2.75, 3.05) is 6.61 Å². The number of oxime groups is 1. The summed E-state index contributed by atoms with van der Waals surface area (Å²) >= 11 is 0. The summed E-state index contributed by atoms with van der Waals surface area (Å²) in [5.74, 6) is -6.29. The number of carbonyl (C=O) groups is 2. The Morgan fingerprint density at radius 3 is 2.29 bits per heavy atom. The minimum atomic E-state index is -4.45. The van der Waals surface area contributed by atoms with E-state index in [1.54, 1.807) is 18.2 Å². The van der Waals surface area contributed by atoms with Gasteiger partial charge in [0, 0.05) is 36.5 Å². The van der Waals surface area contributed by atoms with Crippen molar-refractivity contribution in [3.63, 3.8) is 0 Å². The van der Waals surface area contributed by atoms with Gasteiger partial charge in [-0.05, 0) is 58.9 Å². The van der Waals surface area contributed by atoms with Crippen molar-refractivity contribution in [2.45, 2.75) is 70.6 Å². The largest absolute Gasteiger partial charge is 0.486 e. The van der Waals surface area contributed by atoms with Crippen LogP contribution in [0.4, 0.5) is 23.2 Å². The second-order valence-corrected chi connectivity index (χ2v) is 10.9.